The Balaban J connectivity index is 1.78. The Bertz CT molecular complexity index is 556. The fourth-order valence-corrected chi connectivity index (χ4v) is 3.00. The molecule has 3 rings (SSSR count). The lowest BCUT2D eigenvalue weighted by atomic mass is 9.92. The molecule has 110 valence electrons. The predicted octanol–water partition coefficient (Wildman–Crippen LogP) is 3.81. The summed E-state index contributed by atoms with van der Waals surface area (Å²) in [5.74, 6) is 1.11. The van der Waals surface area contributed by atoms with Gasteiger partial charge in [0.15, 0.2) is 0 Å². The Kier molecular flexibility index (Phi) is 4.39. The molecule has 1 aromatic heterocycles. The Hall–Kier alpha value is -2.03. The Morgan fingerprint density at radius 1 is 1.05 bits per heavy atom. The van der Waals surface area contributed by atoms with Crippen molar-refractivity contribution in [3.05, 3.63) is 60.1 Å². The first kappa shape index (κ1) is 13.9. The van der Waals surface area contributed by atoms with Crippen LogP contribution in [0.15, 0.2) is 53.1 Å². The normalized spacial score (nSPS) is 16.7. The topological polar surface area (TPSA) is 33.5 Å². The maximum absolute atomic E-state index is 12.6. The standard InChI is InChI=1S/C18H21NO2/c20-18(19-11-5-2-6-12-19)14-16(17-10-7-13-21-17)15-8-3-1-4-9-15/h1,3-4,7-10,13,16H,2,5-6,11-12,14H2/t16-/m1/s1. The van der Waals surface area contributed by atoms with Gasteiger partial charge in [-0.15, -0.1) is 0 Å². The lowest BCUT2D eigenvalue weighted by molar-refractivity contribution is -0.132. The van der Waals surface area contributed by atoms with E-state index >= 15 is 0 Å². The third-order valence-electron chi connectivity index (χ3n) is 4.18. The molecule has 0 N–H and O–H groups in total. The minimum Gasteiger partial charge on any atom is -0.469 e. The van der Waals surface area contributed by atoms with Crippen molar-refractivity contribution >= 4 is 5.91 Å². The van der Waals surface area contributed by atoms with Gasteiger partial charge in [0.25, 0.3) is 0 Å². The van der Waals surface area contributed by atoms with Crippen molar-refractivity contribution in [1.29, 1.82) is 0 Å². The summed E-state index contributed by atoms with van der Waals surface area (Å²) < 4.78 is 5.57. The minimum absolute atomic E-state index is 0.00984. The highest BCUT2D eigenvalue weighted by atomic mass is 16.3. The van der Waals surface area contributed by atoms with Gasteiger partial charge in [-0.2, -0.15) is 0 Å². The highest BCUT2D eigenvalue weighted by Gasteiger charge is 2.24. The van der Waals surface area contributed by atoms with Gasteiger partial charge in [-0.3, -0.25) is 4.79 Å². The minimum atomic E-state index is 0.00984. The highest BCUT2D eigenvalue weighted by Crippen LogP contribution is 2.29. The number of furan rings is 1. The van der Waals surface area contributed by atoms with E-state index in [0.717, 1.165) is 37.3 Å². The first-order valence-corrected chi connectivity index (χ1v) is 7.71. The molecule has 1 fully saturated rings. The Labute approximate surface area is 125 Å². The molecule has 0 unspecified atom stereocenters. The number of likely N-dealkylation sites (tertiary alicyclic amines) is 1. The summed E-state index contributed by atoms with van der Waals surface area (Å²) in [4.78, 5) is 14.6. The molecule has 0 bridgehead atoms. The van der Waals surface area contributed by atoms with Crippen LogP contribution in [0.5, 0.6) is 0 Å². The van der Waals surface area contributed by atoms with Gasteiger partial charge < -0.3 is 9.32 Å². The molecule has 0 saturated carbocycles. The van der Waals surface area contributed by atoms with Crippen molar-refractivity contribution in [2.45, 2.75) is 31.6 Å². The zero-order valence-corrected chi connectivity index (χ0v) is 12.2. The second-order valence-electron chi connectivity index (χ2n) is 5.62. The van der Waals surface area contributed by atoms with Crippen LogP contribution in [0.3, 0.4) is 0 Å². The van der Waals surface area contributed by atoms with E-state index in [1.54, 1.807) is 6.26 Å². The molecule has 3 heteroatoms. The van der Waals surface area contributed by atoms with Crippen molar-refractivity contribution in [3.8, 4) is 0 Å². The molecule has 2 aromatic rings. The summed E-state index contributed by atoms with van der Waals surface area (Å²) in [5.41, 5.74) is 1.14. The number of carbonyl (C=O) groups is 1. The van der Waals surface area contributed by atoms with Crippen LogP contribution in [0.2, 0.25) is 0 Å². The smallest absolute Gasteiger partial charge is 0.223 e. The summed E-state index contributed by atoms with van der Waals surface area (Å²) in [6, 6.07) is 14.0. The molecule has 3 nitrogen and oxygen atoms in total. The van der Waals surface area contributed by atoms with E-state index in [-0.39, 0.29) is 11.8 Å². The lowest BCUT2D eigenvalue weighted by Crippen LogP contribution is -2.36. The molecular formula is C18H21NO2. The molecule has 2 heterocycles. The van der Waals surface area contributed by atoms with Crippen molar-refractivity contribution in [2.24, 2.45) is 0 Å². The van der Waals surface area contributed by atoms with E-state index in [1.165, 1.54) is 6.42 Å². The third-order valence-corrected chi connectivity index (χ3v) is 4.18. The van der Waals surface area contributed by atoms with Gasteiger partial charge in [-0.25, -0.2) is 0 Å². The van der Waals surface area contributed by atoms with E-state index in [4.69, 9.17) is 4.42 Å². The number of piperidine rings is 1. The van der Waals surface area contributed by atoms with Crippen LogP contribution in [0.25, 0.3) is 0 Å². The first-order chi connectivity index (χ1) is 10.3. The van der Waals surface area contributed by atoms with Gasteiger partial charge in [0, 0.05) is 19.5 Å². The van der Waals surface area contributed by atoms with Crippen LogP contribution in [0, 0.1) is 0 Å². The summed E-state index contributed by atoms with van der Waals surface area (Å²) in [5, 5.41) is 0. The molecule has 1 aromatic carbocycles. The van der Waals surface area contributed by atoms with Crippen molar-refractivity contribution < 1.29 is 9.21 Å². The van der Waals surface area contributed by atoms with Gasteiger partial charge >= 0.3 is 0 Å². The van der Waals surface area contributed by atoms with E-state index in [1.807, 2.05) is 35.2 Å². The van der Waals surface area contributed by atoms with E-state index in [2.05, 4.69) is 12.1 Å². The zero-order chi connectivity index (χ0) is 14.5. The molecule has 0 spiro atoms. The predicted molar refractivity (Wildman–Crippen MR) is 82.0 cm³/mol. The number of rotatable bonds is 4. The molecule has 1 amide bonds. The maximum atomic E-state index is 12.6. The van der Waals surface area contributed by atoms with E-state index < -0.39 is 0 Å². The molecule has 1 aliphatic heterocycles. The fraction of sp³-hybridized carbons (Fsp3) is 0.389. The van der Waals surface area contributed by atoms with Crippen molar-refractivity contribution in [3.63, 3.8) is 0 Å². The van der Waals surface area contributed by atoms with Crippen LogP contribution in [0.4, 0.5) is 0 Å². The van der Waals surface area contributed by atoms with Gasteiger partial charge in [0.1, 0.15) is 5.76 Å². The quantitative estimate of drug-likeness (QED) is 0.854. The third kappa shape index (κ3) is 3.35. The highest BCUT2D eigenvalue weighted by molar-refractivity contribution is 5.77. The average Bonchev–Trinajstić information content (AvgIpc) is 3.08. The average molecular weight is 283 g/mol. The lowest BCUT2D eigenvalue weighted by Gasteiger charge is -2.28. The van der Waals surface area contributed by atoms with Crippen molar-refractivity contribution in [1.82, 2.24) is 4.90 Å². The number of amides is 1. The number of carbonyl (C=O) groups excluding carboxylic acids is 1. The van der Waals surface area contributed by atoms with Gasteiger partial charge in [-0.1, -0.05) is 30.3 Å². The van der Waals surface area contributed by atoms with Crippen LogP contribution in [-0.4, -0.2) is 23.9 Å². The molecule has 21 heavy (non-hydrogen) atoms. The SMILES string of the molecule is O=C(C[C@H](c1ccccc1)c1ccco1)N1CCCCC1. The van der Waals surface area contributed by atoms with Crippen LogP contribution in [0.1, 0.15) is 42.9 Å². The Morgan fingerprint density at radius 3 is 2.48 bits per heavy atom. The second-order valence-corrected chi connectivity index (χ2v) is 5.62. The summed E-state index contributed by atoms with van der Waals surface area (Å²) in [7, 11) is 0. The summed E-state index contributed by atoms with van der Waals surface area (Å²) in [6.07, 6.45) is 5.66. The van der Waals surface area contributed by atoms with Gasteiger partial charge in [0.05, 0.1) is 12.2 Å². The fourth-order valence-electron chi connectivity index (χ4n) is 3.00. The van der Waals surface area contributed by atoms with Crippen LogP contribution in [-0.2, 0) is 4.79 Å². The van der Waals surface area contributed by atoms with E-state index in [9.17, 15) is 4.79 Å². The zero-order valence-electron chi connectivity index (χ0n) is 12.2. The number of nitrogens with zero attached hydrogens (tertiary/aromatic N) is 1. The first-order valence-electron chi connectivity index (χ1n) is 7.71. The molecule has 1 atom stereocenters. The molecule has 0 radical (unpaired) electrons. The second kappa shape index (κ2) is 6.61. The summed E-state index contributed by atoms with van der Waals surface area (Å²) >= 11 is 0. The Morgan fingerprint density at radius 2 is 1.81 bits per heavy atom. The molecule has 1 aliphatic rings. The van der Waals surface area contributed by atoms with Crippen molar-refractivity contribution in [2.75, 3.05) is 13.1 Å². The van der Waals surface area contributed by atoms with Crippen LogP contribution >= 0.6 is 0 Å². The molecule has 1 saturated heterocycles. The number of hydrogen-bond acceptors (Lipinski definition) is 2. The molecule has 0 aliphatic carbocycles. The maximum Gasteiger partial charge on any atom is 0.223 e. The van der Waals surface area contributed by atoms with E-state index in [0.29, 0.717) is 6.42 Å². The van der Waals surface area contributed by atoms with Gasteiger partial charge in [-0.05, 0) is 37.0 Å². The monoisotopic (exact) mass is 283 g/mol. The van der Waals surface area contributed by atoms with Gasteiger partial charge in [0.2, 0.25) is 5.91 Å². The molecular weight excluding hydrogens is 262 g/mol. The summed E-state index contributed by atoms with van der Waals surface area (Å²) in [6.45, 7) is 1.80. The number of hydrogen-bond donors (Lipinski definition) is 0. The number of benzene rings is 1. The largest absolute Gasteiger partial charge is 0.469 e. The van der Waals surface area contributed by atoms with Crippen LogP contribution < -0.4 is 0 Å².